The lowest BCUT2D eigenvalue weighted by Gasteiger charge is -2.08. The van der Waals surface area contributed by atoms with Crippen LogP contribution in [0.1, 0.15) is 16.7 Å². The van der Waals surface area contributed by atoms with E-state index in [2.05, 4.69) is 20.5 Å². The van der Waals surface area contributed by atoms with Crippen LogP contribution in [0.5, 0.6) is 0 Å². The van der Waals surface area contributed by atoms with Crippen LogP contribution in [-0.4, -0.2) is 25.3 Å². The molecular weight excluding hydrogens is 392 g/mol. The van der Waals surface area contributed by atoms with Crippen molar-refractivity contribution in [3.05, 3.63) is 98.2 Å². The van der Waals surface area contributed by atoms with Crippen LogP contribution >= 0.6 is 0 Å². The summed E-state index contributed by atoms with van der Waals surface area (Å²) in [6, 6.07) is 17.9. The van der Waals surface area contributed by atoms with Crippen molar-refractivity contribution in [1.29, 1.82) is 0 Å². The Morgan fingerprint density at radius 2 is 1.84 bits per heavy atom. The number of nitrogens with one attached hydrogen (secondary N) is 2. The largest absolute Gasteiger partial charge is 0.329 e. The Kier molecular flexibility index (Phi) is 5.61. The van der Waals surface area contributed by atoms with Crippen LogP contribution in [0.2, 0.25) is 0 Å². The quantitative estimate of drug-likeness (QED) is 0.374. The van der Waals surface area contributed by atoms with Gasteiger partial charge in [0.1, 0.15) is 0 Å². The van der Waals surface area contributed by atoms with Crippen LogP contribution in [-0.2, 0) is 13.6 Å². The zero-order valence-corrected chi connectivity index (χ0v) is 17.2. The molecule has 0 radical (unpaired) electrons. The van der Waals surface area contributed by atoms with Crippen molar-refractivity contribution >= 4 is 29.4 Å². The van der Waals surface area contributed by atoms with Gasteiger partial charge in [-0.1, -0.05) is 66.2 Å². The summed E-state index contributed by atoms with van der Waals surface area (Å²) in [5, 5.41) is 4.21. The third kappa shape index (κ3) is 4.37. The fourth-order valence-electron chi connectivity index (χ4n) is 3.21. The number of allylic oxidation sites excluding steroid dienone is 1. The maximum atomic E-state index is 12.6. The molecule has 0 aliphatic rings. The van der Waals surface area contributed by atoms with E-state index in [-0.39, 0.29) is 0 Å². The van der Waals surface area contributed by atoms with E-state index in [1.165, 1.54) is 4.57 Å². The van der Waals surface area contributed by atoms with Crippen LogP contribution in [0, 0.1) is 6.92 Å². The van der Waals surface area contributed by atoms with Crippen LogP contribution in [0.4, 0.5) is 5.95 Å². The molecule has 2 heterocycles. The Morgan fingerprint density at radius 3 is 2.58 bits per heavy atom. The first kappa shape index (κ1) is 20.1. The van der Waals surface area contributed by atoms with Gasteiger partial charge in [-0.25, -0.2) is 10.2 Å². The number of aromatic amines is 1. The summed E-state index contributed by atoms with van der Waals surface area (Å²) >= 11 is 0. The number of H-pyrrole nitrogens is 1. The van der Waals surface area contributed by atoms with Gasteiger partial charge >= 0.3 is 5.69 Å². The molecule has 4 aromatic rings. The van der Waals surface area contributed by atoms with Gasteiger partial charge in [0.25, 0.3) is 5.56 Å². The Hall–Kier alpha value is -4.20. The molecular formula is C23H22N6O2. The Labute approximate surface area is 178 Å². The highest BCUT2D eigenvalue weighted by atomic mass is 16.2. The van der Waals surface area contributed by atoms with Crippen molar-refractivity contribution < 1.29 is 0 Å². The van der Waals surface area contributed by atoms with Crippen molar-refractivity contribution in [2.45, 2.75) is 13.5 Å². The van der Waals surface area contributed by atoms with Gasteiger partial charge in [-0.15, -0.1) is 0 Å². The highest BCUT2D eigenvalue weighted by Gasteiger charge is 2.17. The Morgan fingerprint density at radius 1 is 1.10 bits per heavy atom. The van der Waals surface area contributed by atoms with Gasteiger partial charge in [0, 0.05) is 13.3 Å². The summed E-state index contributed by atoms with van der Waals surface area (Å²) in [6.07, 6.45) is 5.33. The maximum Gasteiger partial charge on any atom is 0.329 e. The van der Waals surface area contributed by atoms with Crippen LogP contribution in [0.15, 0.2) is 75.4 Å². The van der Waals surface area contributed by atoms with Crippen molar-refractivity contribution in [1.82, 2.24) is 19.1 Å². The average molecular weight is 414 g/mol. The van der Waals surface area contributed by atoms with Crippen LogP contribution in [0.25, 0.3) is 17.2 Å². The fraction of sp³-hybridized carbons (Fsp3) is 0.130. The summed E-state index contributed by atoms with van der Waals surface area (Å²) in [4.78, 5) is 31.4. The number of rotatable bonds is 6. The Balaban J connectivity index is 1.68. The molecule has 0 amide bonds. The lowest BCUT2D eigenvalue weighted by Crippen LogP contribution is -2.29. The minimum Gasteiger partial charge on any atom is -0.298 e. The minimum absolute atomic E-state index is 0.290. The molecule has 0 bridgehead atoms. The number of aryl methyl sites for hydroxylation is 2. The van der Waals surface area contributed by atoms with E-state index in [9.17, 15) is 9.59 Å². The summed E-state index contributed by atoms with van der Waals surface area (Å²) in [5.74, 6) is 0.367. The van der Waals surface area contributed by atoms with Crippen LogP contribution < -0.4 is 16.7 Å². The predicted molar refractivity (Wildman–Crippen MR) is 123 cm³/mol. The van der Waals surface area contributed by atoms with Gasteiger partial charge in [0.2, 0.25) is 5.95 Å². The standard InChI is InChI=1S/C23H22N6O2/c1-16-10-12-18(13-11-16)15-29-19-20(28(2)23(31)26-21(19)30)25-22(29)27-24-14-6-9-17-7-4-3-5-8-17/h3-14H,15H2,1-2H3,(H,25,27)(H,26,30,31)/b9-6+,24-14-. The lowest BCUT2D eigenvalue weighted by atomic mass is 10.1. The van der Waals surface area contributed by atoms with E-state index < -0.39 is 11.2 Å². The number of fused-ring (bicyclic) bond motifs is 1. The highest BCUT2D eigenvalue weighted by molar-refractivity contribution is 5.79. The molecule has 0 saturated carbocycles. The number of hydrogen-bond acceptors (Lipinski definition) is 5. The molecule has 31 heavy (non-hydrogen) atoms. The molecule has 0 aliphatic carbocycles. The van der Waals surface area contributed by atoms with E-state index in [4.69, 9.17) is 0 Å². The van der Waals surface area contributed by atoms with Crippen LogP contribution in [0.3, 0.4) is 0 Å². The SMILES string of the molecule is Cc1ccc(Cn2c(N/N=C\C=C\c3ccccc3)nc3c2c(=O)[nH]c(=O)n3C)cc1. The second-order valence-corrected chi connectivity index (χ2v) is 7.16. The molecule has 0 atom stereocenters. The molecule has 0 fully saturated rings. The van der Waals surface area contributed by atoms with Crippen molar-refractivity contribution in [2.24, 2.45) is 12.1 Å². The summed E-state index contributed by atoms with van der Waals surface area (Å²) in [6.45, 7) is 2.41. The molecule has 0 unspecified atom stereocenters. The molecule has 2 N–H and O–H groups in total. The summed E-state index contributed by atoms with van der Waals surface area (Å²) in [5.41, 5.74) is 5.69. The molecule has 2 aromatic heterocycles. The molecule has 4 rings (SSSR count). The van der Waals surface area contributed by atoms with Gasteiger partial charge in [-0.3, -0.25) is 18.9 Å². The van der Waals surface area contributed by atoms with E-state index in [0.717, 1.165) is 16.7 Å². The van der Waals surface area contributed by atoms with Gasteiger partial charge < -0.3 is 0 Å². The van der Waals surface area contributed by atoms with Crippen molar-refractivity contribution in [2.75, 3.05) is 5.43 Å². The first-order chi connectivity index (χ1) is 15.0. The van der Waals surface area contributed by atoms with E-state index >= 15 is 0 Å². The van der Waals surface area contributed by atoms with E-state index in [0.29, 0.717) is 23.7 Å². The van der Waals surface area contributed by atoms with Gasteiger partial charge in [0.15, 0.2) is 11.2 Å². The monoisotopic (exact) mass is 414 g/mol. The smallest absolute Gasteiger partial charge is 0.298 e. The number of imidazole rings is 1. The zero-order chi connectivity index (χ0) is 21.8. The molecule has 0 aliphatic heterocycles. The molecule has 0 spiro atoms. The molecule has 8 heteroatoms. The third-order valence-corrected chi connectivity index (χ3v) is 4.88. The second kappa shape index (κ2) is 8.66. The first-order valence-corrected chi connectivity index (χ1v) is 9.79. The number of benzene rings is 2. The average Bonchev–Trinajstić information content (AvgIpc) is 3.13. The van der Waals surface area contributed by atoms with E-state index in [1.807, 2.05) is 67.6 Å². The fourth-order valence-corrected chi connectivity index (χ4v) is 3.21. The maximum absolute atomic E-state index is 12.6. The van der Waals surface area contributed by atoms with Gasteiger partial charge in [-0.2, -0.15) is 10.1 Å². The lowest BCUT2D eigenvalue weighted by molar-refractivity contribution is 0.808. The predicted octanol–water partition coefficient (Wildman–Crippen LogP) is 2.89. The number of anilines is 1. The normalized spacial score (nSPS) is 11.7. The van der Waals surface area contributed by atoms with Crippen molar-refractivity contribution in [3.8, 4) is 0 Å². The molecule has 0 saturated heterocycles. The third-order valence-electron chi connectivity index (χ3n) is 4.88. The summed E-state index contributed by atoms with van der Waals surface area (Å²) < 4.78 is 3.03. The Bertz CT molecular complexity index is 1380. The topological polar surface area (TPSA) is 97.1 Å². The number of hydrogen-bond donors (Lipinski definition) is 2. The first-order valence-electron chi connectivity index (χ1n) is 9.79. The van der Waals surface area contributed by atoms with Crippen molar-refractivity contribution in [3.63, 3.8) is 0 Å². The number of hydrazone groups is 1. The highest BCUT2D eigenvalue weighted by Crippen LogP contribution is 2.18. The zero-order valence-electron chi connectivity index (χ0n) is 17.2. The minimum atomic E-state index is -0.515. The number of nitrogens with zero attached hydrogens (tertiary/aromatic N) is 4. The molecule has 2 aromatic carbocycles. The number of aromatic nitrogens is 4. The van der Waals surface area contributed by atoms with Gasteiger partial charge in [0.05, 0.1) is 6.54 Å². The molecule has 8 nitrogen and oxygen atoms in total. The van der Waals surface area contributed by atoms with Gasteiger partial charge in [-0.05, 0) is 24.1 Å². The second-order valence-electron chi connectivity index (χ2n) is 7.16. The summed E-state index contributed by atoms with van der Waals surface area (Å²) in [7, 11) is 1.57. The van der Waals surface area contributed by atoms with E-state index in [1.54, 1.807) is 23.9 Å². The molecule has 156 valence electrons.